The highest BCUT2D eigenvalue weighted by atomic mass is 16.5. The first-order chi connectivity index (χ1) is 10.1. The lowest BCUT2D eigenvalue weighted by Gasteiger charge is -2.05. The fraction of sp³-hybridized carbons (Fsp3) is 0.133. The molecule has 6 nitrogen and oxygen atoms in total. The molecule has 0 aliphatic rings. The minimum absolute atomic E-state index is 0.223. The fourth-order valence-corrected chi connectivity index (χ4v) is 2.13. The molecule has 2 aromatic heterocycles. The van der Waals surface area contributed by atoms with Gasteiger partial charge in [0.15, 0.2) is 0 Å². The van der Waals surface area contributed by atoms with E-state index in [0.717, 1.165) is 11.1 Å². The average molecular weight is 282 g/mol. The van der Waals surface area contributed by atoms with Gasteiger partial charge < -0.3 is 10.3 Å². The third kappa shape index (κ3) is 2.31. The molecular formula is C15H14N4O2. The summed E-state index contributed by atoms with van der Waals surface area (Å²) in [4.78, 5) is 11.1. The second-order valence-corrected chi connectivity index (χ2v) is 4.88. The van der Waals surface area contributed by atoms with Gasteiger partial charge in [-0.3, -0.25) is 4.79 Å². The van der Waals surface area contributed by atoms with Crippen LogP contribution in [0.1, 0.15) is 11.1 Å². The van der Waals surface area contributed by atoms with Gasteiger partial charge >= 0.3 is 0 Å². The lowest BCUT2D eigenvalue weighted by atomic mass is 9.99. The maximum Gasteiger partial charge on any atom is 0.264 e. The molecule has 3 aromatic rings. The molecular weight excluding hydrogens is 268 g/mol. The quantitative estimate of drug-likeness (QED) is 0.751. The van der Waals surface area contributed by atoms with Gasteiger partial charge in [0.1, 0.15) is 11.4 Å². The highest BCUT2D eigenvalue weighted by Gasteiger charge is 2.18. The molecule has 106 valence electrons. The number of aromatic nitrogens is 3. The van der Waals surface area contributed by atoms with E-state index in [0.29, 0.717) is 17.0 Å². The average Bonchev–Trinajstić information content (AvgIpc) is 2.85. The molecule has 2 heterocycles. The summed E-state index contributed by atoms with van der Waals surface area (Å²) in [5.41, 5.74) is 10.6. The van der Waals surface area contributed by atoms with Gasteiger partial charge in [0.25, 0.3) is 5.56 Å². The Kier molecular flexibility index (Phi) is 3.06. The van der Waals surface area contributed by atoms with Crippen molar-refractivity contribution in [2.24, 2.45) is 0 Å². The van der Waals surface area contributed by atoms with E-state index in [9.17, 15) is 4.79 Å². The van der Waals surface area contributed by atoms with Crippen LogP contribution in [0.4, 0.5) is 5.88 Å². The van der Waals surface area contributed by atoms with Crippen LogP contribution in [-0.4, -0.2) is 15.4 Å². The Hall–Kier alpha value is -2.89. The van der Waals surface area contributed by atoms with Gasteiger partial charge in [-0.25, -0.2) is 5.10 Å². The van der Waals surface area contributed by atoms with Crippen LogP contribution in [0.3, 0.4) is 0 Å². The number of anilines is 1. The van der Waals surface area contributed by atoms with E-state index in [4.69, 9.17) is 10.3 Å². The normalized spacial score (nSPS) is 10.8. The monoisotopic (exact) mass is 282 g/mol. The molecule has 0 aliphatic carbocycles. The Balaban J connectivity index is 2.19. The molecule has 0 saturated heterocycles. The lowest BCUT2D eigenvalue weighted by molar-refractivity contribution is 0.439. The first-order valence-corrected chi connectivity index (χ1v) is 6.45. The predicted molar refractivity (Wildman–Crippen MR) is 79.7 cm³/mol. The van der Waals surface area contributed by atoms with Crippen molar-refractivity contribution >= 4 is 5.88 Å². The van der Waals surface area contributed by atoms with Crippen LogP contribution in [0.2, 0.25) is 0 Å². The van der Waals surface area contributed by atoms with Crippen molar-refractivity contribution < 1.29 is 4.52 Å². The predicted octanol–water partition coefficient (Wildman–Crippen LogP) is 2.29. The van der Waals surface area contributed by atoms with E-state index in [-0.39, 0.29) is 11.4 Å². The van der Waals surface area contributed by atoms with Gasteiger partial charge in [-0.2, -0.15) is 5.10 Å². The highest BCUT2D eigenvalue weighted by Crippen LogP contribution is 2.35. The Labute approximate surface area is 120 Å². The molecule has 0 spiro atoms. The number of nitrogen functional groups attached to an aromatic ring is 1. The fourth-order valence-electron chi connectivity index (χ4n) is 2.13. The van der Waals surface area contributed by atoms with Crippen LogP contribution in [0, 0.1) is 13.8 Å². The van der Waals surface area contributed by atoms with Crippen LogP contribution < -0.4 is 11.3 Å². The zero-order valence-electron chi connectivity index (χ0n) is 11.7. The molecule has 0 bridgehead atoms. The third-order valence-corrected chi connectivity index (χ3v) is 3.44. The molecule has 3 rings (SSSR count). The van der Waals surface area contributed by atoms with Crippen LogP contribution in [0.15, 0.2) is 39.6 Å². The summed E-state index contributed by atoms with van der Waals surface area (Å²) in [7, 11) is 0. The number of aryl methyl sites for hydroxylation is 2. The second kappa shape index (κ2) is 4.90. The molecule has 3 N–H and O–H groups in total. The number of nitrogens with one attached hydrogen (secondary N) is 1. The molecule has 0 saturated carbocycles. The standard InChI is InChI=1S/C15H14N4O2/c1-8-3-4-10(7-9(8)2)13-14(19-21-15(13)16)11-5-6-12(20)18-17-11/h3-7H,16H2,1-2H3,(H,18,20). The minimum Gasteiger partial charge on any atom is -0.367 e. The highest BCUT2D eigenvalue weighted by molar-refractivity contribution is 5.85. The van der Waals surface area contributed by atoms with Gasteiger partial charge in [0.2, 0.25) is 5.88 Å². The molecule has 0 aliphatic heterocycles. The first kappa shape index (κ1) is 13.1. The minimum atomic E-state index is -0.275. The smallest absolute Gasteiger partial charge is 0.264 e. The molecule has 1 aromatic carbocycles. The molecule has 0 fully saturated rings. The molecule has 0 unspecified atom stereocenters. The number of hydrogen-bond donors (Lipinski definition) is 2. The van der Waals surface area contributed by atoms with E-state index in [1.165, 1.54) is 11.6 Å². The summed E-state index contributed by atoms with van der Waals surface area (Å²) in [5, 5.41) is 10.3. The van der Waals surface area contributed by atoms with E-state index in [1.807, 2.05) is 32.0 Å². The topological polar surface area (TPSA) is 97.8 Å². The van der Waals surface area contributed by atoms with Crippen molar-refractivity contribution in [2.45, 2.75) is 13.8 Å². The zero-order chi connectivity index (χ0) is 15.0. The van der Waals surface area contributed by atoms with Crippen molar-refractivity contribution in [1.82, 2.24) is 15.4 Å². The Morgan fingerprint density at radius 3 is 2.62 bits per heavy atom. The second-order valence-electron chi connectivity index (χ2n) is 4.88. The molecule has 21 heavy (non-hydrogen) atoms. The maximum absolute atomic E-state index is 11.1. The van der Waals surface area contributed by atoms with Crippen molar-refractivity contribution in [3.05, 3.63) is 51.8 Å². The molecule has 0 radical (unpaired) electrons. The van der Waals surface area contributed by atoms with Crippen molar-refractivity contribution in [3.63, 3.8) is 0 Å². The van der Waals surface area contributed by atoms with Crippen molar-refractivity contribution in [3.8, 4) is 22.5 Å². The Bertz CT molecular complexity index is 844. The Morgan fingerprint density at radius 2 is 1.95 bits per heavy atom. The number of rotatable bonds is 2. The van der Waals surface area contributed by atoms with Gasteiger partial charge in [0, 0.05) is 6.07 Å². The number of nitrogens with two attached hydrogens (primary N) is 1. The maximum atomic E-state index is 11.1. The largest absolute Gasteiger partial charge is 0.367 e. The summed E-state index contributed by atoms with van der Waals surface area (Å²) < 4.78 is 5.10. The molecule has 6 heteroatoms. The first-order valence-electron chi connectivity index (χ1n) is 6.45. The van der Waals surface area contributed by atoms with E-state index < -0.39 is 0 Å². The van der Waals surface area contributed by atoms with Crippen LogP contribution >= 0.6 is 0 Å². The van der Waals surface area contributed by atoms with Crippen LogP contribution in [-0.2, 0) is 0 Å². The van der Waals surface area contributed by atoms with E-state index in [2.05, 4.69) is 15.4 Å². The number of benzene rings is 1. The van der Waals surface area contributed by atoms with E-state index >= 15 is 0 Å². The van der Waals surface area contributed by atoms with E-state index in [1.54, 1.807) is 6.07 Å². The zero-order valence-corrected chi connectivity index (χ0v) is 11.7. The summed E-state index contributed by atoms with van der Waals surface area (Å²) >= 11 is 0. The van der Waals surface area contributed by atoms with Crippen molar-refractivity contribution in [2.75, 3.05) is 5.73 Å². The van der Waals surface area contributed by atoms with Gasteiger partial charge in [0.05, 0.1) is 5.56 Å². The lowest BCUT2D eigenvalue weighted by Crippen LogP contribution is -2.05. The Morgan fingerprint density at radius 1 is 1.14 bits per heavy atom. The number of hydrogen-bond acceptors (Lipinski definition) is 5. The van der Waals surface area contributed by atoms with Crippen LogP contribution in [0.25, 0.3) is 22.5 Å². The van der Waals surface area contributed by atoms with Gasteiger partial charge in [-0.05, 0) is 36.6 Å². The number of H-pyrrole nitrogens is 1. The van der Waals surface area contributed by atoms with Crippen LogP contribution in [0.5, 0.6) is 0 Å². The SMILES string of the molecule is Cc1ccc(-c2c(-c3ccc(=O)[nH]n3)noc2N)cc1C. The van der Waals surface area contributed by atoms with Gasteiger partial charge in [-0.15, -0.1) is 0 Å². The number of aromatic amines is 1. The van der Waals surface area contributed by atoms with Crippen molar-refractivity contribution in [1.29, 1.82) is 0 Å². The molecule has 0 amide bonds. The molecule has 0 atom stereocenters. The summed E-state index contributed by atoms with van der Waals surface area (Å²) in [6.07, 6.45) is 0. The number of nitrogens with zero attached hydrogens (tertiary/aromatic N) is 2. The van der Waals surface area contributed by atoms with Gasteiger partial charge in [-0.1, -0.05) is 23.4 Å². The third-order valence-electron chi connectivity index (χ3n) is 3.44. The summed E-state index contributed by atoms with van der Waals surface area (Å²) in [6.45, 7) is 4.07. The summed E-state index contributed by atoms with van der Waals surface area (Å²) in [5.74, 6) is 0.223. The summed E-state index contributed by atoms with van der Waals surface area (Å²) in [6, 6.07) is 8.97.